The van der Waals surface area contributed by atoms with Gasteiger partial charge in [-0.2, -0.15) is 10.1 Å². The van der Waals surface area contributed by atoms with Gasteiger partial charge in [0.25, 0.3) is 0 Å². The first-order valence-electron chi connectivity index (χ1n) is 6.67. The highest BCUT2D eigenvalue weighted by Crippen LogP contribution is 2.10. The van der Waals surface area contributed by atoms with Gasteiger partial charge in [-0.15, -0.1) is 0 Å². The van der Waals surface area contributed by atoms with Crippen LogP contribution in [0.3, 0.4) is 0 Å². The highest BCUT2D eigenvalue weighted by molar-refractivity contribution is 7.80. The molecule has 0 spiro atoms. The second-order valence-electron chi connectivity index (χ2n) is 4.85. The quantitative estimate of drug-likeness (QED) is 0.482. The summed E-state index contributed by atoms with van der Waals surface area (Å²) in [6.07, 6.45) is 6.74. The van der Waals surface area contributed by atoms with Gasteiger partial charge in [-0.25, -0.2) is 15.0 Å². The van der Waals surface area contributed by atoms with Gasteiger partial charge in [0.2, 0.25) is 5.95 Å². The molecular weight excluding hydrogens is 300 g/mol. The smallest absolute Gasteiger partial charge is 0.225 e. The minimum Gasteiger partial charge on any atom is -0.375 e. The second-order valence-corrected chi connectivity index (χ2v) is 5.27. The standard InChI is InChI=1S/C13H18N8S/c1-9(2)17-13-18-10(7-16-20(3)12(14)22)6-11(19-13)21-5-4-15-8-21/h4-9H,1-3H3,(H2,14,22)(H,17,18,19). The van der Waals surface area contributed by atoms with Crippen molar-refractivity contribution in [3.05, 3.63) is 30.5 Å². The lowest BCUT2D eigenvalue weighted by molar-refractivity contribution is 0.552. The minimum absolute atomic E-state index is 0.181. The first kappa shape index (κ1) is 15.8. The fraction of sp³-hybridized carbons (Fsp3) is 0.308. The van der Waals surface area contributed by atoms with Crippen LogP contribution in [0.5, 0.6) is 0 Å². The van der Waals surface area contributed by atoms with Gasteiger partial charge in [-0.05, 0) is 26.1 Å². The fourth-order valence-electron chi connectivity index (χ4n) is 1.57. The summed E-state index contributed by atoms with van der Waals surface area (Å²) in [7, 11) is 1.67. The highest BCUT2D eigenvalue weighted by Gasteiger charge is 2.06. The minimum atomic E-state index is 0.181. The predicted octanol–water partition coefficient (Wildman–Crippen LogP) is 0.992. The molecule has 2 rings (SSSR count). The Balaban J connectivity index is 2.36. The van der Waals surface area contributed by atoms with Gasteiger partial charge >= 0.3 is 0 Å². The molecule has 0 aliphatic rings. The van der Waals surface area contributed by atoms with Gasteiger partial charge in [0.15, 0.2) is 5.11 Å². The molecule has 116 valence electrons. The van der Waals surface area contributed by atoms with Crippen molar-refractivity contribution in [2.45, 2.75) is 19.9 Å². The number of nitrogens with one attached hydrogen (secondary N) is 1. The third-order valence-corrected chi connectivity index (χ3v) is 2.87. The van der Waals surface area contributed by atoms with Gasteiger partial charge in [0.1, 0.15) is 12.1 Å². The molecule has 0 amide bonds. The summed E-state index contributed by atoms with van der Waals surface area (Å²) in [4.78, 5) is 12.9. The van der Waals surface area contributed by atoms with E-state index in [2.05, 4.69) is 25.4 Å². The number of imidazole rings is 1. The van der Waals surface area contributed by atoms with Crippen LogP contribution in [0.25, 0.3) is 5.82 Å². The van der Waals surface area contributed by atoms with Crippen molar-refractivity contribution in [2.75, 3.05) is 12.4 Å². The Hall–Kier alpha value is -2.55. The lowest BCUT2D eigenvalue weighted by Gasteiger charge is -2.12. The number of hydrogen-bond donors (Lipinski definition) is 2. The molecule has 0 saturated carbocycles. The number of nitrogens with zero attached hydrogens (tertiary/aromatic N) is 6. The van der Waals surface area contributed by atoms with Crippen LogP contribution in [0.2, 0.25) is 0 Å². The summed E-state index contributed by atoms with van der Waals surface area (Å²) >= 11 is 4.84. The zero-order chi connectivity index (χ0) is 16.1. The molecule has 0 atom stereocenters. The monoisotopic (exact) mass is 318 g/mol. The molecule has 0 radical (unpaired) electrons. The molecule has 22 heavy (non-hydrogen) atoms. The lowest BCUT2D eigenvalue weighted by atomic mass is 10.4. The fourth-order valence-corrected chi connectivity index (χ4v) is 1.62. The van der Waals surface area contributed by atoms with Gasteiger partial charge in [0.05, 0.1) is 11.9 Å². The van der Waals surface area contributed by atoms with Crippen LogP contribution in [-0.2, 0) is 0 Å². The summed E-state index contributed by atoms with van der Waals surface area (Å²) in [5, 5.41) is 8.89. The molecule has 2 aromatic rings. The zero-order valence-electron chi connectivity index (χ0n) is 12.6. The molecule has 0 aromatic carbocycles. The molecule has 2 aromatic heterocycles. The van der Waals surface area contributed by atoms with E-state index in [1.165, 1.54) is 5.01 Å². The van der Waals surface area contributed by atoms with Crippen molar-refractivity contribution >= 4 is 29.5 Å². The largest absolute Gasteiger partial charge is 0.375 e. The number of nitrogens with two attached hydrogens (primary N) is 1. The number of hydrazone groups is 1. The van der Waals surface area contributed by atoms with E-state index >= 15 is 0 Å². The Morgan fingerprint density at radius 2 is 2.27 bits per heavy atom. The molecule has 0 saturated heterocycles. The molecule has 8 nitrogen and oxygen atoms in total. The van der Waals surface area contributed by atoms with E-state index < -0.39 is 0 Å². The van der Waals surface area contributed by atoms with Crippen LogP contribution in [0.15, 0.2) is 29.9 Å². The molecule has 0 unspecified atom stereocenters. The number of thiocarbonyl (C=S) groups is 1. The van der Waals surface area contributed by atoms with Crippen molar-refractivity contribution in [2.24, 2.45) is 10.8 Å². The average molecular weight is 318 g/mol. The Kier molecular flexibility index (Phi) is 4.99. The molecule has 0 bridgehead atoms. The maximum atomic E-state index is 5.49. The molecular formula is C13H18N8S. The summed E-state index contributed by atoms with van der Waals surface area (Å²) in [5.74, 6) is 1.20. The van der Waals surface area contributed by atoms with E-state index in [9.17, 15) is 0 Å². The number of rotatable bonds is 5. The topological polar surface area (TPSA) is 97.2 Å². The maximum absolute atomic E-state index is 5.49. The van der Waals surface area contributed by atoms with Gasteiger partial charge in [-0.1, -0.05) is 0 Å². The van der Waals surface area contributed by atoms with Crippen LogP contribution in [-0.4, -0.2) is 48.9 Å². The molecule has 9 heteroatoms. The highest BCUT2D eigenvalue weighted by atomic mass is 32.1. The summed E-state index contributed by atoms with van der Waals surface area (Å²) in [5.41, 5.74) is 6.12. The Bertz CT molecular complexity index is 665. The normalized spacial score (nSPS) is 11.1. The van der Waals surface area contributed by atoms with Crippen molar-refractivity contribution in [3.8, 4) is 5.82 Å². The molecule has 0 aliphatic heterocycles. The first-order valence-corrected chi connectivity index (χ1v) is 7.07. The van der Waals surface area contributed by atoms with E-state index in [0.717, 1.165) is 0 Å². The van der Waals surface area contributed by atoms with Crippen molar-refractivity contribution in [1.29, 1.82) is 0 Å². The summed E-state index contributed by atoms with van der Waals surface area (Å²) < 4.78 is 1.79. The molecule has 0 aliphatic carbocycles. The molecule has 2 heterocycles. The summed E-state index contributed by atoms with van der Waals surface area (Å²) in [6, 6.07) is 2.01. The Labute approximate surface area is 134 Å². The van der Waals surface area contributed by atoms with Crippen molar-refractivity contribution in [3.63, 3.8) is 0 Å². The van der Waals surface area contributed by atoms with Crippen molar-refractivity contribution < 1.29 is 0 Å². The van der Waals surface area contributed by atoms with E-state index in [-0.39, 0.29) is 11.2 Å². The third-order valence-electron chi connectivity index (χ3n) is 2.60. The third kappa shape index (κ3) is 4.22. The van der Waals surface area contributed by atoms with Crippen LogP contribution in [0, 0.1) is 0 Å². The van der Waals surface area contributed by atoms with Gasteiger partial charge in [-0.3, -0.25) is 4.57 Å². The maximum Gasteiger partial charge on any atom is 0.225 e. The first-order chi connectivity index (χ1) is 10.5. The number of hydrogen-bond acceptors (Lipinski definition) is 6. The van der Waals surface area contributed by atoms with Gasteiger partial charge < -0.3 is 11.1 Å². The predicted molar refractivity (Wildman–Crippen MR) is 90.1 cm³/mol. The van der Waals surface area contributed by atoms with E-state index in [4.69, 9.17) is 18.0 Å². The van der Waals surface area contributed by atoms with E-state index in [0.29, 0.717) is 17.5 Å². The molecule has 3 N–H and O–H groups in total. The SMILES string of the molecule is CC(C)Nc1nc(C=NN(C)C(N)=S)cc(-n2ccnc2)n1. The van der Waals surface area contributed by atoms with E-state index in [1.54, 1.807) is 36.4 Å². The second kappa shape index (κ2) is 6.94. The van der Waals surface area contributed by atoms with Crippen molar-refractivity contribution in [1.82, 2.24) is 24.5 Å². The van der Waals surface area contributed by atoms with E-state index in [1.807, 2.05) is 20.0 Å². The average Bonchev–Trinajstić information content (AvgIpc) is 2.97. The summed E-state index contributed by atoms with van der Waals surface area (Å²) in [6.45, 7) is 4.03. The van der Waals surface area contributed by atoms with Crippen LogP contribution >= 0.6 is 12.2 Å². The number of anilines is 1. The zero-order valence-corrected chi connectivity index (χ0v) is 13.4. The Morgan fingerprint density at radius 3 is 2.86 bits per heavy atom. The lowest BCUT2D eigenvalue weighted by Crippen LogP contribution is -2.27. The van der Waals surface area contributed by atoms with Crippen LogP contribution in [0.4, 0.5) is 5.95 Å². The Morgan fingerprint density at radius 1 is 1.50 bits per heavy atom. The molecule has 0 fully saturated rings. The van der Waals surface area contributed by atoms with Gasteiger partial charge in [0, 0.05) is 31.5 Å². The number of aromatic nitrogens is 4. The van der Waals surface area contributed by atoms with Crippen LogP contribution in [0.1, 0.15) is 19.5 Å². The van der Waals surface area contributed by atoms with Crippen LogP contribution < -0.4 is 11.1 Å².